The van der Waals surface area contributed by atoms with Gasteiger partial charge in [-0.3, -0.25) is 9.59 Å². The molecule has 2 atom stereocenters. The highest BCUT2D eigenvalue weighted by Gasteiger charge is 2.35. The minimum Gasteiger partial charge on any atom is -0.353 e. The average molecular weight is 362 g/mol. The Kier molecular flexibility index (Phi) is 5.84. The first-order chi connectivity index (χ1) is 12.5. The van der Waals surface area contributed by atoms with E-state index in [-0.39, 0.29) is 23.8 Å². The maximum absolute atomic E-state index is 13.2. The van der Waals surface area contributed by atoms with Crippen LogP contribution in [0.15, 0.2) is 6.07 Å². The zero-order valence-corrected chi connectivity index (χ0v) is 15.4. The maximum Gasteiger partial charge on any atom is 0.253 e. The van der Waals surface area contributed by atoms with E-state index in [1.807, 2.05) is 6.92 Å². The number of nitrogens with zero attached hydrogens (tertiary/aromatic N) is 2. The number of amides is 2. The zero-order chi connectivity index (χ0) is 18.7. The van der Waals surface area contributed by atoms with Gasteiger partial charge < -0.3 is 10.6 Å². The van der Waals surface area contributed by atoms with E-state index in [0.29, 0.717) is 43.0 Å². The summed E-state index contributed by atoms with van der Waals surface area (Å²) in [6, 6.07) is 1.94. The van der Waals surface area contributed by atoms with Crippen molar-refractivity contribution in [1.29, 1.82) is 0 Å². The fraction of sp³-hybridized carbons (Fsp3) is 0.684. The minimum atomic E-state index is -0.825. The van der Waals surface area contributed by atoms with Crippen molar-refractivity contribution in [1.82, 2.24) is 20.8 Å². The predicted octanol–water partition coefficient (Wildman–Crippen LogP) is 2.11. The number of aromatic nitrogens is 2. The number of aryl methyl sites for hydroxylation is 2. The third kappa shape index (κ3) is 4.37. The smallest absolute Gasteiger partial charge is 0.253 e. The van der Waals surface area contributed by atoms with Crippen molar-refractivity contribution in [3.05, 3.63) is 23.0 Å². The molecule has 6 nitrogen and oxygen atoms in total. The van der Waals surface area contributed by atoms with Crippen LogP contribution < -0.4 is 10.6 Å². The Morgan fingerprint density at radius 3 is 2.65 bits per heavy atom. The van der Waals surface area contributed by atoms with Crippen LogP contribution in [-0.2, 0) is 11.2 Å². The number of hydrogen-bond acceptors (Lipinski definition) is 4. The molecule has 2 amide bonds. The summed E-state index contributed by atoms with van der Waals surface area (Å²) in [6.45, 7) is 4.34. The molecule has 0 aliphatic heterocycles. The maximum atomic E-state index is 13.2. The van der Waals surface area contributed by atoms with Crippen molar-refractivity contribution >= 4 is 11.8 Å². The first kappa shape index (κ1) is 18.7. The highest BCUT2D eigenvalue weighted by atomic mass is 19.1. The lowest BCUT2D eigenvalue weighted by Crippen LogP contribution is -2.49. The minimum absolute atomic E-state index is 0.0109. The fourth-order valence-corrected chi connectivity index (χ4v) is 3.73. The highest BCUT2D eigenvalue weighted by Crippen LogP contribution is 2.31. The Morgan fingerprint density at radius 1 is 1.23 bits per heavy atom. The first-order valence-electron chi connectivity index (χ1n) is 9.52. The van der Waals surface area contributed by atoms with Gasteiger partial charge in [0.25, 0.3) is 5.91 Å². The predicted molar refractivity (Wildman–Crippen MR) is 95.4 cm³/mol. The number of nitrogens with one attached hydrogen (secondary N) is 2. The van der Waals surface area contributed by atoms with Crippen LogP contribution in [0, 0.1) is 18.8 Å². The van der Waals surface area contributed by atoms with Crippen LogP contribution in [0.2, 0.25) is 0 Å². The number of carbonyl (C=O) groups is 2. The third-order valence-electron chi connectivity index (χ3n) is 5.51. The molecule has 1 aromatic heterocycles. The molecule has 3 rings (SSSR count). The first-order valence-corrected chi connectivity index (χ1v) is 9.52. The van der Waals surface area contributed by atoms with E-state index in [1.54, 1.807) is 13.0 Å². The zero-order valence-electron chi connectivity index (χ0n) is 15.4. The lowest BCUT2D eigenvalue weighted by atomic mass is 9.80. The van der Waals surface area contributed by atoms with Gasteiger partial charge in [-0.2, -0.15) is 10.2 Å². The van der Waals surface area contributed by atoms with Gasteiger partial charge in [-0.25, -0.2) is 4.39 Å². The van der Waals surface area contributed by atoms with Crippen molar-refractivity contribution < 1.29 is 14.0 Å². The normalized spacial score (nSPS) is 27.7. The van der Waals surface area contributed by atoms with E-state index in [1.165, 1.54) is 0 Å². The molecule has 2 fully saturated rings. The van der Waals surface area contributed by atoms with Crippen LogP contribution in [0.4, 0.5) is 4.39 Å². The monoisotopic (exact) mass is 362 g/mol. The van der Waals surface area contributed by atoms with Gasteiger partial charge in [0, 0.05) is 18.5 Å². The molecule has 0 aromatic carbocycles. The standard InChI is InChI=1S/C19H27FN4O2/c1-3-15-9-17(11(2)23-24-15)19(26)21-10-12-6-16(7-12)22-18(25)13-4-5-14(20)8-13/h9,12-14,16H,3-8,10H2,1-2H3,(H,21,26)(H,22,25). The Morgan fingerprint density at radius 2 is 2.00 bits per heavy atom. The molecule has 26 heavy (non-hydrogen) atoms. The quantitative estimate of drug-likeness (QED) is 0.812. The van der Waals surface area contributed by atoms with Crippen LogP contribution in [0.3, 0.4) is 0 Å². The van der Waals surface area contributed by atoms with E-state index in [9.17, 15) is 14.0 Å². The van der Waals surface area contributed by atoms with Gasteiger partial charge in [-0.15, -0.1) is 0 Å². The molecule has 2 saturated carbocycles. The molecule has 7 heteroatoms. The summed E-state index contributed by atoms with van der Waals surface area (Å²) in [5, 5.41) is 14.1. The third-order valence-corrected chi connectivity index (χ3v) is 5.51. The largest absolute Gasteiger partial charge is 0.353 e. The van der Waals surface area contributed by atoms with Crippen molar-refractivity contribution in [2.75, 3.05) is 6.54 Å². The second-order valence-corrected chi connectivity index (χ2v) is 7.55. The Bertz CT molecular complexity index is 676. The van der Waals surface area contributed by atoms with Gasteiger partial charge in [0.1, 0.15) is 6.17 Å². The van der Waals surface area contributed by atoms with Gasteiger partial charge >= 0.3 is 0 Å². The summed E-state index contributed by atoms with van der Waals surface area (Å²) in [5.74, 6) is 0.0592. The van der Waals surface area contributed by atoms with Crippen LogP contribution in [0.1, 0.15) is 60.8 Å². The molecule has 2 N–H and O–H groups in total. The molecule has 0 saturated heterocycles. The topological polar surface area (TPSA) is 84.0 Å². The molecular weight excluding hydrogens is 335 g/mol. The lowest BCUT2D eigenvalue weighted by Gasteiger charge is -2.36. The highest BCUT2D eigenvalue weighted by molar-refractivity contribution is 5.95. The number of hydrogen-bond donors (Lipinski definition) is 2. The van der Waals surface area contributed by atoms with Gasteiger partial charge in [-0.1, -0.05) is 6.92 Å². The van der Waals surface area contributed by atoms with E-state index < -0.39 is 6.17 Å². The fourth-order valence-electron chi connectivity index (χ4n) is 3.73. The molecule has 142 valence electrons. The molecule has 2 unspecified atom stereocenters. The van der Waals surface area contributed by atoms with Crippen molar-refractivity contribution in [3.63, 3.8) is 0 Å². The Hall–Kier alpha value is -2.05. The molecule has 1 heterocycles. The molecule has 2 aliphatic rings. The summed E-state index contributed by atoms with van der Waals surface area (Å²) >= 11 is 0. The van der Waals surface area contributed by atoms with Crippen molar-refractivity contribution in [2.45, 2.75) is 64.6 Å². The van der Waals surface area contributed by atoms with Crippen LogP contribution in [0.25, 0.3) is 0 Å². The van der Waals surface area contributed by atoms with E-state index in [2.05, 4.69) is 20.8 Å². The second kappa shape index (κ2) is 8.10. The van der Waals surface area contributed by atoms with Crippen molar-refractivity contribution in [2.24, 2.45) is 11.8 Å². The summed E-state index contributed by atoms with van der Waals surface area (Å²) < 4.78 is 13.2. The van der Waals surface area contributed by atoms with E-state index in [4.69, 9.17) is 0 Å². The lowest BCUT2D eigenvalue weighted by molar-refractivity contribution is -0.126. The van der Waals surface area contributed by atoms with Gasteiger partial charge in [-0.05, 0) is 57.4 Å². The van der Waals surface area contributed by atoms with Crippen LogP contribution >= 0.6 is 0 Å². The second-order valence-electron chi connectivity index (χ2n) is 7.55. The summed E-state index contributed by atoms with van der Waals surface area (Å²) in [6.07, 6.45) is 3.13. The molecule has 0 bridgehead atoms. The average Bonchev–Trinajstić information content (AvgIpc) is 3.03. The molecule has 2 aliphatic carbocycles. The molecule has 0 spiro atoms. The summed E-state index contributed by atoms with van der Waals surface area (Å²) in [7, 11) is 0. The summed E-state index contributed by atoms with van der Waals surface area (Å²) in [5.41, 5.74) is 2.00. The molecule has 0 radical (unpaired) electrons. The Balaban J connectivity index is 1.39. The van der Waals surface area contributed by atoms with E-state index in [0.717, 1.165) is 25.0 Å². The Labute approximate surface area is 153 Å². The van der Waals surface area contributed by atoms with Gasteiger partial charge in [0.2, 0.25) is 5.91 Å². The van der Waals surface area contributed by atoms with Gasteiger partial charge in [0.05, 0.1) is 17.0 Å². The summed E-state index contributed by atoms with van der Waals surface area (Å²) in [4.78, 5) is 24.4. The van der Waals surface area contributed by atoms with Crippen LogP contribution in [-0.4, -0.2) is 40.8 Å². The van der Waals surface area contributed by atoms with Crippen molar-refractivity contribution in [3.8, 4) is 0 Å². The molecular formula is C19H27FN4O2. The molecule has 1 aromatic rings. The van der Waals surface area contributed by atoms with E-state index >= 15 is 0 Å². The number of alkyl halides is 1. The number of rotatable bonds is 6. The number of carbonyl (C=O) groups excluding carboxylic acids is 2. The SMILES string of the molecule is CCc1cc(C(=O)NCC2CC(NC(=O)C3CCC(F)C3)C2)c(C)nn1. The van der Waals surface area contributed by atoms with Crippen LogP contribution in [0.5, 0.6) is 0 Å². The number of halogens is 1. The van der Waals surface area contributed by atoms with Gasteiger partial charge in [0.15, 0.2) is 0 Å².